The molecule has 3 aromatic carbocycles. The standard InChI is InChI=1S/C34H33ClN4O6/c1-38-18-24(35)16-29(38)34(42)39-13-12-31-28(19-39)37-33(41)23-8-11-30(43-2)27(15-23)22-4-3-5-26(14-22)44-20-32(40)36-17-21-6-9-25(45-31)10-7-21/h3-11,14-16,18,28,31H,12-13,17,19-20H2,1-2H3,(H,36,40)(H,37,41)/t28-,31-/m1/s1. The Morgan fingerprint density at radius 3 is 2.58 bits per heavy atom. The zero-order valence-electron chi connectivity index (χ0n) is 24.9. The number of fused-ring (bicyclic) bond motifs is 7. The van der Waals surface area contributed by atoms with Gasteiger partial charge < -0.3 is 34.3 Å². The first-order chi connectivity index (χ1) is 21.8. The average molecular weight is 629 g/mol. The van der Waals surface area contributed by atoms with Crippen molar-refractivity contribution in [2.24, 2.45) is 7.05 Å². The second kappa shape index (κ2) is 13.0. The van der Waals surface area contributed by atoms with Gasteiger partial charge in [-0.15, -0.1) is 0 Å². The molecule has 3 amide bonds. The lowest BCUT2D eigenvalue weighted by atomic mass is 9.99. The molecule has 10 nitrogen and oxygen atoms in total. The molecule has 2 N–H and O–H groups in total. The minimum Gasteiger partial charge on any atom is -0.496 e. The summed E-state index contributed by atoms with van der Waals surface area (Å²) in [5.41, 5.74) is 3.20. The molecular weight excluding hydrogens is 596 g/mol. The van der Waals surface area contributed by atoms with Crippen LogP contribution in [0.4, 0.5) is 0 Å². The fourth-order valence-electron chi connectivity index (χ4n) is 5.63. The number of ether oxygens (including phenoxy) is 3. The van der Waals surface area contributed by atoms with Crippen LogP contribution in [0.25, 0.3) is 11.1 Å². The average Bonchev–Trinajstić information content (AvgIpc) is 3.40. The van der Waals surface area contributed by atoms with Gasteiger partial charge in [-0.2, -0.15) is 0 Å². The second-order valence-electron chi connectivity index (χ2n) is 11.1. The molecule has 45 heavy (non-hydrogen) atoms. The minimum atomic E-state index is -0.516. The summed E-state index contributed by atoms with van der Waals surface area (Å²) < 4.78 is 19.5. The predicted octanol–water partition coefficient (Wildman–Crippen LogP) is 4.45. The van der Waals surface area contributed by atoms with Crippen LogP contribution in [0.3, 0.4) is 0 Å². The Kier molecular flexibility index (Phi) is 8.66. The summed E-state index contributed by atoms with van der Waals surface area (Å²) in [5.74, 6) is 0.944. The summed E-state index contributed by atoms with van der Waals surface area (Å²) in [5, 5.41) is 6.50. The SMILES string of the molecule is COc1ccc2cc1-c1cccc(c1)OCC(=O)NCc1ccc(cc1)O[C@@H]1CCN(C(=O)c3cc(Cl)cn3C)C[C@H]1NC2=O. The van der Waals surface area contributed by atoms with E-state index in [1.54, 1.807) is 66.2 Å². The molecule has 2 atom stereocenters. The number of aryl methyl sites for hydroxylation is 1. The molecule has 1 saturated heterocycles. The van der Waals surface area contributed by atoms with Gasteiger partial charge in [0.15, 0.2) is 6.61 Å². The van der Waals surface area contributed by atoms with Crippen LogP contribution in [0, 0.1) is 0 Å². The number of amides is 3. The lowest BCUT2D eigenvalue weighted by molar-refractivity contribution is -0.123. The largest absolute Gasteiger partial charge is 0.496 e. The van der Waals surface area contributed by atoms with Crippen LogP contribution in [-0.4, -0.2) is 66.1 Å². The van der Waals surface area contributed by atoms with Crippen LogP contribution < -0.4 is 24.8 Å². The first-order valence-corrected chi connectivity index (χ1v) is 15.0. The van der Waals surface area contributed by atoms with E-state index in [0.717, 1.165) is 11.1 Å². The highest BCUT2D eigenvalue weighted by Crippen LogP contribution is 2.33. The first kappa shape index (κ1) is 30.1. The third-order valence-corrected chi connectivity index (χ3v) is 8.23. The van der Waals surface area contributed by atoms with Crippen LogP contribution in [0.5, 0.6) is 17.2 Å². The van der Waals surface area contributed by atoms with Crippen molar-refractivity contribution in [3.63, 3.8) is 0 Å². The van der Waals surface area contributed by atoms with Gasteiger partial charge in [0.2, 0.25) is 0 Å². The third kappa shape index (κ3) is 6.76. The summed E-state index contributed by atoms with van der Waals surface area (Å²) >= 11 is 6.16. The molecule has 0 spiro atoms. The number of piperidine rings is 1. The van der Waals surface area contributed by atoms with Crippen LogP contribution in [0.2, 0.25) is 5.02 Å². The monoisotopic (exact) mass is 628 g/mol. The Morgan fingerprint density at radius 2 is 1.82 bits per heavy atom. The quantitative estimate of drug-likeness (QED) is 0.339. The highest BCUT2D eigenvalue weighted by Gasteiger charge is 2.35. The summed E-state index contributed by atoms with van der Waals surface area (Å²) in [6.07, 6.45) is 1.77. The number of rotatable bonds is 2. The number of nitrogens with zero attached hydrogens (tertiary/aromatic N) is 2. The van der Waals surface area contributed by atoms with E-state index in [0.29, 0.717) is 58.6 Å². The van der Waals surface area contributed by atoms with Crippen LogP contribution in [0.15, 0.2) is 79.0 Å². The molecule has 4 heterocycles. The Hall–Kier alpha value is -4.96. The highest BCUT2D eigenvalue weighted by molar-refractivity contribution is 6.31. The van der Waals surface area contributed by atoms with Crippen molar-refractivity contribution in [2.75, 3.05) is 26.8 Å². The smallest absolute Gasteiger partial charge is 0.270 e. The Balaban J connectivity index is 1.34. The molecule has 3 aliphatic heterocycles. The summed E-state index contributed by atoms with van der Waals surface area (Å²) in [7, 11) is 3.34. The number of carbonyl (C=O) groups is 3. The zero-order valence-corrected chi connectivity index (χ0v) is 25.7. The highest BCUT2D eigenvalue weighted by atomic mass is 35.5. The number of benzene rings is 3. The van der Waals surface area contributed by atoms with E-state index in [2.05, 4.69) is 10.6 Å². The Bertz CT molecular complexity index is 1740. The third-order valence-electron chi connectivity index (χ3n) is 8.02. The number of aromatic nitrogens is 1. The van der Waals surface area contributed by atoms with E-state index >= 15 is 0 Å². The molecule has 0 unspecified atom stereocenters. The Labute approximate surface area is 265 Å². The zero-order chi connectivity index (χ0) is 31.5. The van der Waals surface area contributed by atoms with Crippen molar-refractivity contribution in [3.8, 4) is 28.4 Å². The summed E-state index contributed by atoms with van der Waals surface area (Å²) in [6.45, 7) is 0.858. The summed E-state index contributed by atoms with van der Waals surface area (Å²) in [4.78, 5) is 41.5. The maximum atomic E-state index is 13.8. The first-order valence-electron chi connectivity index (χ1n) is 14.6. The van der Waals surface area contributed by atoms with Crippen molar-refractivity contribution in [3.05, 3.63) is 101 Å². The molecule has 4 aromatic rings. The lowest BCUT2D eigenvalue weighted by Crippen LogP contribution is -2.58. The summed E-state index contributed by atoms with van der Waals surface area (Å²) in [6, 6.07) is 21.0. The molecule has 0 radical (unpaired) electrons. The van der Waals surface area contributed by atoms with Gasteiger partial charge in [-0.1, -0.05) is 35.9 Å². The number of carbonyl (C=O) groups excluding carboxylic acids is 3. The minimum absolute atomic E-state index is 0.149. The van der Waals surface area contributed by atoms with Crippen LogP contribution >= 0.6 is 11.6 Å². The Morgan fingerprint density at radius 1 is 1.00 bits per heavy atom. The van der Waals surface area contributed by atoms with Crippen LogP contribution in [0.1, 0.15) is 32.8 Å². The number of nitrogens with one attached hydrogen (secondary N) is 2. The van der Waals surface area contributed by atoms with Gasteiger partial charge in [0, 0.05) is 50.4 Å². The fourth-order valence-corrected chi connectivity index (χ4v) is 5.88. The number of hydrogen-bond donors (Lipinski definition) is 2. The van der Waals surface area contributed by atoms with E-state index in [-0.39, 0.29) is 30.9 Å². The number of halogens is 1. The molecule has 1 aromatic heterocycles. The fraction of sp³-hybridized carbons (Fsp3) is 0.265. The van der Waals surface area contributed by atoms with Gasteiger partial charge >= 0.3 is 0 Å². The van der Waals surface area contributed by atoms with Crippen molar-refractivity contribution in [2.45, 2.75) is 25.1 Å². The molecule has 7 rings (SSSR count). The number of methoxy groups -OCH3 is 1. The van der Waals surface area contributed by atoms with E-state index in [1.165, 1.54) is 0 Å². The number of hydrogen-bond acceptors (Lipinski definition) is 6. The molecule has 0 saturated carbocycles. The molecule has 6 bridgehead atoms. The van der Waals surface area contributed by atoms with Crippen molar-refractivity contribution >= 4 is 29.3 Å². The second-order valence-corrected chi connectivity index (χ2v) is 11.5. The van der Waals surface area contributed by atoms with Crippen molar-refractivity contribution in [1.82, 2.24) is 20.1 Å². The topological polar surface area (TPSA) is 111 Å². The predicted molar refractivity (Wildman–Crippen MR) is 169 cm³/mol. The van der Waals surface area contributed by atoms with Gasteiger partial charge in [0.05, 0.1) is 18.2 Å². The van der Waals surface area contributed by atoms with Crippen molar-refractivity contribution < 1.29 is 28.6 Å². The maximum absolute atomic E-state index is 13.8. The molecule has 232 valence electrons. The van der Waals surface area contributed by atoms with Crippen LogP contribution in [-0.2, 0) is 18.4 Å². The lowest BCUT2D eigenvalue weighted by Gasteiger charge is -2.39. The van der Waals surface area contributed by atoms with E-state index in [1.807, 2.05) is 36.4 Å². The maximum Gasteiger partial charge on any atom is 0.270 e. The van der Waals surface area contributed by atoms with Gasteiger partial charge in [0.25, 0.3) is 17.7 Å². The van der Waals surface area contributed by atoms with E-state index < -0.39 is 12.1 Å². The van der Waals surface area contributed by atoms with E-state index in [9.17, 15) is 14.4 Å². The molecule has 0 aliphatic carbocycles. The molecular formula is C34H33ClN4O6. The number of likely N-dealkylation sites (tertiary alicyclic amines) is 1. The van der Waals surface area contributed by atoms with Gasteiger partial charge in [-0.3, -0.25) is 14.4 Å². The molecule has 3 aliphatic rings. The molecule has 1 fully saturated rings. The van der Waals surface area contributed by atoms with Crippen molar-refractivity contribution in [1.29, 1.82) is 0 Å². The van der Waals surface area contributed by atoms with Gasteiger partial charge in [-0.05, 0) is 59.7 Å². The normalized spacial score (nSPS) is 18.5. The molecule has 11 heteroatoms. The van der Waals surface area contributed by atoms with Gasteiger partial charge in [-0.25, -0.2) is 0 Å². The van der Waals surface area contributed by atoms with E-state index in [4.69, 9.17) is 25.8 Å². The van der Waals surface area contributed by atoms with Gasteiger partial charge in [0.1, 0.15) is 29.0 Å².